The predicted molar refractivity (Wildman–Crippen MR) is 54.9 cm³/mol. The first-order chi connectivity index (χ1) is 7.29. The van der Waals surface area contributed by atoms with Crippen molar-refractivity contribution in [3.05, 3.63) is 30.1 Å². The third-order valence-corrected chi connectivity index (χ3v) is 2.12. The van der Waals surface area contributed by atoms with Crippen molar-refractivity contribution >= 4 is 0 Å². The molecule has 0 spiro atoms. The smallest absolute Gasteiger partial charge is 0.133 e. The van der Waals surface area contributed by atoms with Gasteiger partial charge in [-0.3, -0.25) is 9.88 Å². The van der Waals surface area contributed by atoms with E-state index in [0.717, 1.165) is 0 Å². The molecule has 5 heteroatoms. The van der Waals surface area contributed by atoms with Crippen LogP contribution in [-0.4, -0.2) is 51.5 Å². The molecule has 0 saturated heterocycles. The van der Waals surface area contributed by atoms with Crippen LogP contribution in [0.2, 0.25) is 0 Å². The van der Waals surface area contributed by atoms with Gasteiger partial charge in [-0.1, -0.05) is 0 Å². The van der Waals surface area contributed by atoms with Crippen molar-refractivity contribution in [2.45, 2.75) is 6.23 Å². The second-order valence-corrected chi connectivity index (χ2v) is 3.14. The van der Waals surface area contributed by atoms with E-state index in [1.807, 2.05) is 0 Å². The summed E-state index contributed by atoms with van der Waals surface area (Å²) < 4.78 is 0. The molecule has 3 N–H and O–H groups in total. The van der Waals surface area contributed by atoms with Crippen LogP contribution in [0.1, 0.15) is 11.8 Å². The van der Waals surface area contributed by atoms with E-state index in [2.05, 4.69) is 4.98 Å². The molecule has 0 amide bonds. The third kappa shape index (κ3) is 3.56. The molecule has 0 aromatic carbocycles. The molecule has 15 heavy (non-hydrogen) atoms. The van der Waals surface area contributed by atoms with Gasteiger partial charge in [0.2, 0.25) is 0 Å². The summed E-state index contributed by atoms with van der Waals surface area (Å²) in [4.78, 5) is 5.44. The van der Waals surface area contributed by atoms with E-state index in [1.54, 1.807) is 29.4 Å². The van der Waals surface area contributed by atoms with Crippen molar-refractivity contribution in [1.29, 1.82) is 0 Å². The van der Waals surface area contributed by atoms with Crippen LogP contribution >= 0.6 is 0 Å². The van der Waals surface area contributed by atoms with Crippen molar-refractivity contribution in [2.75, 3.05) is 26.3 Å². The summed E-state index contributed by atoms with van der Waals surface area (Å²) in [6, 6.07) is 3.40. The maximum atomic E-state index is 9.92. The molecule has 1 rings (SSSR count). The molecule has 84 valence electrons. The van der Waals surface area contributed by atoms with E-state index in [9.17, 15) is 5.11 Å². The van der Waals surface area contributed by atoms with Gasteiger partial charge in [-0.2, -0.15) is 0 Å². The van der Waals surface area contributed by atoms with E-state index in [4.69, 9.17) is 10.2 Å². The summed E-state index contributed by atoms with van der Waals surface area (Å²) in [6.45, 7) is 0.540. The fourth-order valence-electron chi connectivity index (χ4n) is 1.36. The lowest BCUT2D eigenvalue weighted by Crippen LogP contribution is -2.33. The SMILES string of the molecule is OCCN(CCO)C(O)c1ccncc1. The van der Waals surface area contributed by atoms with Gasteiger partial charge in [-0.05, 0) is 17.7 Å². The van der Waals surface area contributed by atoms with Crippen LogP contribution in [-0.2, 0) is 0 Å². The summed E-state index contributed by atoms with van der Waals surface area (Å²) in [7, 11) is 0. The van der Waals surface area contributed by atoms with Crippen molar-refractivity contribution in [3.63, 3.8) is 0 Å². The standard InChI is InChI=1S/C10H16N2O3/c13-7-5-12(6-8-14)10(15)9-1-3-11-4-2-9/h1-4,10,13-15H,5-8H2. The molecule has 1 unspecified atom stereocenters. The van der Waals surface area contributed by atoms with Crippen LogP contribution in [0.15, 0.2) is 24.5 Å². The van der Waals surface area contributed by atoms with E-state index in [-0.39, 0.29) is 13.2 Å². The molecule has 1 aromatic heterocycles. The molecule has 0 bridgehead atoms. The lowest BCUT2D eigenvalue weighted by Gasteiger charge is -2.26. The number of aliphatic hydroxyl groups excluding tert-OH is 3. The summed E-state index contributed by atoms with van der Waals surface area (Å²) >= 11 is 0. The predicted octanol–water partition coefficient (Wildman–Crippen LogP) is -0.641. The molecular weight excluding hydrogens is 196 g/mol. The minimum Gasteiger partial charge on any atom is -0.395 e. The molecule has 1 heterocycles. The van der Waals surface area contributed by atoms with E-state index >= 15 is 0 Å². The molecule has 0 aliphatic rings. The molecule has 0 saturated carbocycles. The van der Waals surface area contributed by atoms with Gasteiger partial charge in [0.15, 0.2) is 0 Å². The number of nitrogens with zero attached hydrogens (tertiary/aromatic N) is 2. The van der Waals surface area contributed by atoms with Gasteiger partial charge in [-0.15, -0.1) is 0 Å². The molecule has 5 nitrogen and oxygen atoms in total. The third-order valence-electron chi connectivity index (χ3n) is 2.12. The number of hydrogen-bond acceptors (Lipinski definition) is 5. The number of rotatable bonds is 6. The maximum Gasteiger partial charge on any atom is 0.133 e. The molecule has 0 fully saturated rings. The Morgan fingerprint density at radius 1 is 1.13 bits per heavy atom. The Bertz CT molecular complexity index is 263. The largest absolute Gasteiger partial charge is 0.395 e. The second kappa shape index (κ2) is 6.47. The van der Waals surface area contributed by atoms with Crippen LogP contribution in [0.4, 0.5) is 0 Å². The fraction of sp³-hybridized carbons (Fsp3) is 0.500. The summed E-state index contributed by atoms with van der Waals surface area (Å²) in [5.41, 5.74) is 0.701. The highest BCUT2D eigenvalue weighted by molar-refractivity contribution is 5.12. The van der Waals surface area contributed by atoms with Crippen molar-refractivity contribution in [2.24, 2.45) is 0 Å². The van der Waals surface area contributed by atoms with Crippen molar-refractivity contribution in [3.8, 4) is 0 Å². The second-order valence-electron chi connectivity index (χ2n) is 3.14. The molecular formula is C10H16N2O3. The van der Waals surface area contributed by atoms with E-state index < -0.39 is 6.23 Å². The Balaban J connectivity index is 2.67. The summed E-state index contributed by atoms with van der Waals surface area (Å²) in [5, 5.41) is 27.5. The monoisotopic (exact) mass is 212 g/mol. The summed E-state index contributed by atoms with van der Waals surface area (Å²) in [5.74, 6) is 0. The van der Waals surface area contributed by atoms with Gasteiger partial charge in [-0.25, -0.2) is 0 Å². The van der Waals surface area contributed by atoms with Crippen molar-refractivity contribution in [1.82, 2.24) is 9.88 Å². The molecule has 0 aliphatic heterocycles. The zero-order valence-corrected chi connectivity index (χ0v) is 8.45. The summed E-state index contributed by atoms with van der Waals surface area (Å²) in [6.07, 6.45) is 2.37. The minimum atomic E-state index is -0.813. The Labute approximate surface area is 88.6 Å². The Hall–Kier alpha value is -1.01. The minimum absolute atomic E-state index is 0.0534. The van der Waals surface area contributed by atoms with Crippen LogP contribution < -0.4 is 0 Å². The number of pyridine rings is 1. The van der Waals surface area contributed by atoms with Gasteiger partial charge in [0.1, 0.15) is 6.23 Å². The van der Waals surface area contributed by atoms with Crippen molar-refractivity contribution < 1.29 is 15.3 Å². The maximum absolute atomic E-state index is 9.92. The highest BCUT2D eigenvalue weighted by Crippen LogP contribution is 2.15. The topological polar surface area (TPSA) is 76.8 Å². The number of aliphatic hydroxyl groups is 3. The lowest BCUT2D eigenvalue weighted by atomic mass is 10.2. The zero-order chi connectivity index (χ0) is 11.1. The van der Waals surface area contributed by atoms with Gasteiger partial charge in [0, 0.05) is 25.5 Å². The Kier molecular flexibility index (Phi) is 5.20. The number of aromatic nitrogens is 1. The molecule has 0 radical (unpaired) electrons. The highest BCUT2D eigenvalue weighted by atomic mass is 16.3. The Morgan fingerprint density at radius 3 is 2.13 bits per heavy atom. The fourth-order valence-corrected chi connectivity index (χ4v) is 1.36. The molecule has 0 aliphatic carbocycles. The highest BCUT2D eigenvalue weighted by Gasteiger charge is 2.15. The normalized spacial score (nSPS) is 13.1. The average molecular weight is 212 g/mol. The van der Waals surface area contributed by atoms with Crippen LogP contribution in [0, 0.1) is 0 Å². The van der Waals surface area contributed by atoms with Gasteiger partial charge in [0.05, 0.1) is 13.2 Å². The first kappa shape index (κ1) is 12.1. The van der Waals surface area contributed by atoms with Crippen LogP contribution in [0.3, 0.4) is 0 Å². The van der Waals surface area contributed by atoms with Crippen LogP contribution in [0.25, 0.3) is 0 Å². The first-order valence-electron chi connectivity index (χ1n) is 4.83. The van der Waals surface area contributed by atoms with E-state index in [1.165, 1.54) is 0 Å². The van der Waals surface area contributed by atoms with E-state index in [0.29, 0.717) is 18.7 Å². The Morgan fingerprint density at radius 2 is 1.67 bits per heavy atom. The number of hydrogen-bond donors (Lipinski definition) is 3. The van der Waals surface area contributed by atoms with Gasteiger partial charge in [0.25, 0.3) is 0 Å². The lowest BCUT2D eigenvalue weighted by molar-refractivity contribution is -0.0161. The quantitative estimate of drug-likeness (QED) is 0.547. The average Bonchev–Trinajstić information content (AvgIpc) is 2.29. The first-order valence-corrected chi connectivity index (χ1v) is 4.83. The molecule has 1 aromatic rings. The van der Waals surface area contributed by atoms with Crippen LogP contribution in [0.5, 0.6) is 0 Å². The van der Waals surface area contributed by atoms with Gasteiger partial charge < -0.3 is 15.3 Å². The molecule has 1 atom stereocenters. The zero-order valence-electron chi connectivity index (χ0n) is 8.45. The van der Waals surface area contributed by atoms with Gasteiger partial charge >= 0.3 is 0 Å².